The van der Waals surface area contributed by atoms with E-state index in [1.807, 2.05) is 13.1 Å². The van der Waals surface area contributed by atoms with Crippen LogP contribution in [0.25, 0.3) is 22.6 Å². The maximum atomic E-state index is 6.15. The van der Waals surface area contributed by atoms with Crippen molar-refractivity contribution < 1.29 is 9.47 Å². The van der Waals surface area contributed by atoms with Crippen LogP contribution in [0.3, 0.4) is 0 Å². The van der Waals surface area contributed by atoms with Crippen LogP contribution >= 0.6 is 0 Å². The molecule has 5 rings (SSSR count). The monoisotopic (exact) mass is 403 g/mol. The fraction of sp³-hybridized carbons (Fsp3) is 0.440. The van der Waals surface area contributed by atoms with Gasteiger partial charge in [0.25, 0.3) is 0 Å². The molecule has 2 aliphatic rings. The van der Waals surface area contributed by atoms with E-state index in [2.05, 4.69) is 53.7 Å². The summed E-state index contributed by atoms with van der Waals surface area (Å²) in [5.74, 6) is 2.69. The molecule has 0 radical (unpaired) electrons. The van der Waals surface area contributed by atoms with Gasteiger partial charge in [-0.15, -0.1) is 0 Å². The molecule has 2 aromatic heterocycles. The molecule has 0 bridgehead atoms. The Balaban J connectivity index is 1.60. The van der Waals surface area contributed by atoms with Gasteiger partial charge in [0.1, 0.15) is 11.6 Å². The van der Waals surface area contributed by atoms with Gasteiger partial charge >= 0.3 is 0 Å². The van der Waals surface area contributed by atoms with E-state index in [1.54, 1.807) is 0 Å². The molecule has 156 valence electrons. The minimum atomic E-state index is 0.155. The molecule has 30 heavy (non-hydrogen) atoms. The van der Waals surface area contributed by atoms with Crippen molar-refractivity contribution in [1.82, 2.24) is 14.5 Å². The zero-order valence-corrected chi connectivity index (χ0v) is 18.0. The fourth-order valence-corrected chi connectivity index (χ4v) is 4.13. The lowest BCUT2D eigenvalue weighted by Gasteiger charge is -2.14. The molecule has 0 unspecified atom stereocenters. The minimum absolute atomic E-state index is 0.155. The Labute approximate surface area is 178 Å². The maximum Gasteiger partial charge on any atom is 0.141 e. The minimum Gasteiger partial charge on any atom is -0.493 e. The highest BCUT2D eigenvalue weighted by Gasteiger charge is 2.25. The van der Waals surface area contributed by atoms with Crippen molar-refractivity contribution in [3.8, 4) is 28.4 Å². The van der Waals surface area contributed by atoms with Crippen LogP contribution in [0.5, 0.6) is 5.75 Å². The molecule has 1 aromatic carbocycles. The number of hydrogen-bond donors (Lipinski definition) is 0. The number of aryl methyl sites for hydroxylation is 2. The molecule has 1 aliphatic heterocycles. The fourth-order valence-electron chi connectivity index (χ4n) is 4.13. The van der Waals surface area contributed by atoms with Gasteiger partial charge in [0.15, 0.2) is 0 Å². The number of hydrogen-bond acceptors (Lipinski definition) is 4. The Bertz CT molecular complexity index is 1070. The number of fused-ring (bicyclic) bond motifs is 1. The Morgan fingerprint density at radius 1 is 1.13 bits per heavy atom. The van der Waals surface area contributed by atoms with Gasteiger partial charge in [-0.1, -0.05) is 12.1 Å². The Morgan fingerprint density at radius 3 is 2.80 bits per heavy atom. The molecular weight excluding hydrogens is 374 g/mol. The second-order valence-electron chi connectivity index (χ2n) is 8.69. The highest BCUT2D eigenvalue weighted by atomic mass is 16.5. The zero-order chi connectivity index (χ0) is 20.7. The molecule has 5 heteroatoms. The Morgan fingerprint density at radius 2 is 2.00 bits per heavy atom. The quantitative estimate of drug-likeness (QED) is 0.603. The average Bonchev–Trinajstić information content (AvgIpc) is 3.52. The van der Waals surface area contributed by atoms with Crippen LogP contribution in [-0.2, 0) is 17.7 Å². The van der Waals surface area contributed by atoms with Crippen LogP contribution < -0.4 is 4.74 Å². The molecule has 0 amide bonds. The van der Waals surface area contributed by atoms with Gasteiger partial charge in [-0.3, -0.25) is 4.98 Å². The first-order valence-corrected chi connectivity index (χ1v) is 11.0. The molecule has 0 spiro atoms. The second kappa shape index (κ2) is 7.88. The summed E-state index contributed by atoms with van der Waals surface area (Å²) in [6, 6.07) is 10.6. The lowest BCUT2D eigenvalue weighted by Crippen LogP contribution is -2.15. The summed E-state index contributed by atoms with van der Waals surface area (Å²) >= 11 is 0. The Kier molecular flexibility index (Phi) is 5.07. The number of aromatic nitrogens is 3. The molecule has 1 aliphatic carbocycles. The van der Waals surface area contributed by atoms with E-state index in [0.717, 1.165) is 59.6 Å². The van der Waals surface area contributed by atoms with Crippen molar-refractivity contribution in [2.24, 2.45) is 5.92 Å². The standard InChI is InChI=1S/C25H29N3O2/c1-16-4-7-21(13-23(16)30-15-19-5-6-19)25-27-24(20-8-10-26-17(2)12-20)22-9-11-29-18(3)14-28(22)25/h4,7-8,10,12-13,18-19H,5-6,9,11,14-15H2,1-3H3/t18-/m1/s1. The number of rotatable bonds is 5. The lowest BCUT2D eigenvalue weighted by atomic mass is 10.1. The number of benzene rings is 1. The van der Waals surface area contributed by atoms with E-state index in [0.29, 0.717) is 6.61 Å². The summed E-state index contributed by atoms with van der Waals surface area (Å²) in [6.45, 7) is 8.60. The lowest BCUT2D eigenvalue weighted by molar-refractivity contribution is 0.0666. The maximum absolute atomic E-state index is 6.15. The van der Waals surface area contributed by atoms with E-state index in [-0.39, 0.29) is 6.10 Å². The van der Waals surface area contributed by atoms with E-state index >= 15 is 0 Å². The van der Waals surface area contributed by atoms with Gasteiger partial charge < -0.3 is 14.0 Å². The third-order valence-electron chi connectivity index (χ3n) is 6.04. The van der Waals surface area contributed by atoms with Gasteiger partial charge in [-0.25, -0.2) is 4.98 Å². The summed E-state index contributed by atoms with van der Waals surface area (Å²) in [4.78, 5) is 9.51. The molecule has 3 aromatic rings. The molecule has 1 atom stereocenters. The molecular formula is C25H29N3O2. The van der Waals surface area contributed by atoms with Gasteiger partial charge in [0.05, 0.1) is 31.6 Å². The van der Waals surface area contributed by atoms with Crippen molar-refractivity contribution in [2.75, 3.05) is 13.2 Å². The van der Waals surface area contributed by atoms with Crippen LogP contribution in [0.2, 0.25) is 0 Å². The Hall–Kier alpha value is -2.66. The van der Waals surface area contributed by atoms with E-state index in [1.165, 1.54) is 24.1 Å². The zero-order valence-electron chi connectivity index (χ0n) is 18.0. The van der Waals surface area contributed by atoms with Crippen LogP contribution in [0.4, 0.5) is 0 Å². The first kappa shape index (κ1) is 19.3. The van der Waals surface area contributed by atoms with Crippen molar-refractivity contribution in [1.29, 1.82) is 0 Å². The topological polar surface area (TPSA) is 49.2 Å². The van der Waals surface area contributed by atoms with E-state index < -0.39 is 0 Å². The van der Waals surface area contributed by atoms with Crippen molar-refractivity contribution in [3.63, 3.8) is 0 Å². The summed E-state index contributed by atoms with van der Waals surface area (Å²) in [6.07, 6.45) is 5.45. The van der Waals surface area contributed by atoms with Crippen LogP contribution in [-0.4, -0.2) is 33.9 Å². The van der Waals surface area contributed by atoms with Crippen LogP contribution in [0.1, 0.15) is 36.7 Å². The van der Waals surface area contributed by atoms with Crippen molar-refractivity contribution in [2.45, 2.75) is 52.7 Å². The summed E-state index contributed by atoms with van der Waals surface area (Å²) in [5, 5.41) is 0. The highest BCUT2D eigenvalue weighted by molar-refractivity contribution is 5.69. The average molecular weight is 404 g/mol. The third kappa shape index (κ3) is 3.86. The van der Waals surface area contributed by atoms with Crippen LogP contribution in [0.15, 0.2) is 36.5 Å². The summed E-state index contributed by atoms with van der Waals surface area (Å²) < 4.78 is 14.5. The summed E-state index contributed by atoms with van der Waals surface area (Å²) in [5.41, 5.74) is 6.65. The SMILES string of the molecule is Cc1cc(-c2nc(-c3ccc(C)c(OCC4CC4)c3)n3c2CCO[C@H](C)C3)ccn1. The highest BCUT2D eigenvalue weighted by Crippen LogP contribution is 2.35. The van der Waals surface area contributed by atoms with E-state index in [4.69, 9.17) is 14.5 Å². The second-order valence-corrected chi connectivity index (χ2v) is 8.69. The summed E-state index contributed by atoms with van der Waals surface area (Å²) in [7, 11) is 0. The first-order chi connectivity index (χ1) is 14.6. The number of ether oxygens (including phenoxy) is 2. The third-order valence-corrected chi connectivity index (χ3v) is 6.04. The van der Waals surface area contributed by atoms with Gasteiger partial charge in [0, 0.05) is 35.1 Å². The van der Waals surface area contributed by atoms with Gasteiger partial charge in [-0.05, 0) is 63.3 Å². The number of pyridine rings is 1. The molecule has 0 N–H and O–H groups in total. The van der Waals surface area contributed by atoms with Crippen LogP contribution in [0, 0.1) is 19.8 Å². The predicted octanol–water partition coefficient (Wildman–Crippen LogP) is 4.98. The number of nitrogens with zero attached hydrogens (tertiary/aromatic N) is 3. The largest absolute Gasteiger partial charge is 0.493 e. The molecule has 0 saturated heterocycles. The molecule has 5 nitrogen and oxygen atoms in total. The molecule has 1 fully saturated rings. The normalized spacial score (nSPS) is 18.7. The van der Waals surface area contributed by atoms with E-state index in [9.17, 15) is 0 Å². The van der Waals surface area contributed by atoms with Crippen molar-refractivity contribution >= 4 is 0 Å². The smallest absolute Gasteiger partial charge is 0.141 e. The first-order valence-electron chi connectivity index (χ1n) is 11.0. The number of imidazole rings is 1. The predicted molar refractivity (Wildman–Crippen MR) is 118 cm³/mol. The van der Waals surface area contributed by atoms with Gasteiger partial charge in [-0.2, -0.15) is 0 Å². The molecule has 3 heterocycles. The van der Waals surface area contributed by atoms with Crippen molar-refractivity contribution in [3.05, 3.63) is 53.5 Å². The van der Waals surface area contributed by atoms with Gasteiger partial charge in [0.2, 0.25) is 0 Å². The molecule has 1 saturated carbocycles.